The Morgan fingerprint density at radius 3 is 2.54 bits per heavy atom. The van der Waals surface area contributed by atoms with Gasteiger partial charge in [-0.05, 0) is 44.0 Å². The van der Waals surface area contributed by atoms with E-state index in [0.29, 0.717) is 30.8 Å². The molecule has 0 atom stereocenters. The second-order valence-electron chi connectivity index (χ2n) is 5.65. The van der Waals surface area contributed by atoms with E-state index in [1.165, 1.54) is 17.5 Å². The Bertz CT molecular complexity index is 876. The summed E-state index contributed by atoms with van der Waals surface area (Å²) in [6.45, 7) is 2.30. The zero-order valence-electron chi connectivity index (χ0n) is 13.5. The largest absolute Gasteiger partial charge is 0.464 e. The Morgan fingerprint density at radius 2 is 1.88 bits per heavy atom. The predicted molar refractivity (Wildman–Crippen MR) is 89.6 cm³/mol. The van der Waals surface area contributed by atoms with Crippen LogP contribution < -0.4 is 4.31 Å². The number of pyridine rings is 1. The fraction of sp³-hybridized carbons (Fsp3) is 0.294. The summed E-state index contributed by atoms with van der Waals surface area (Å²) in [6, 6.07) is 9.88. The number of carbonyl (C=O) groups is 1. The third-order valence-corrected chi connectivity index (χ3v) is 5.82. The molecule has 7 heteroatoms. The number of hydrogen-bond acceptors (Lipinski definition) is 5. The third kappa shape index (κ3) is 2.87. The number of fused-ring (bicyclic) bond motifs is 1. The number of hydrogen-bond donors (Lipinski definition) is 0. The molecule has 0 spiro atoms. The van der Waals surface area contributed by atoms with Crippen molar-refractivity contribution in [2.75, 3.05) is 18.0 Å². The molecule has 0 N–H and O–H groups in total. The monoisotopic (exact) mass is 346 g/mol. The van der Waals surface area contributed by atoms with E-state index in [-0.39, 0.29) is 10.6 Å². The van der Waals surface area contributed by atoms with Crippen molar-refractivity contribution in [3.63, 3.8) is 0 Å². The van der Waals surface area contributed by atoms with Crippen LogP contribution in [0.5, 0.6) is 0 Å². The van der Waals surface area contributed by atoms with E-state index in [1.54, 1.807) is 30.3 Å². The Labute approximate surface area is 141 Å². The van der Waals surface area contributed by atoms with Crippen molar-refractivity contribution in [2.24, 2.45) is 0 Å². The first kappa shape index (κ1) is 16.4. The van der Waals surface area contributed by atoms with E-state index < -0.39 is 16.0 Å². The van der Waals surface area contributed by atoms with Crippen LogP contribution in [0, 0.1) is 6.92 Å². The van der Waals surface area contributed by atoms with Gasteiger partial charge in [0.25, 0.3) is 10.0 Å². The summed E-state index contributed by atoms with van der Waals surface area (Å²) in [5, 5.41) is 0. The molecule has 0 bridgehead atoms. The summed E-state index contributed by atoms with van der Waals surface area (Å²) in [6.07, 6.45) is 1.27. The molecule has 0 saturated carbocycles. The van der Waals surface area contributed by atoms with Crippen molar-refractivity contribution >= 4 is 21.7 Å². The fourth-order valence-corrected chi connectivity index (χ4v) is 4.25. The lowest BCUT2D eigenvalue weighted by Gasteiger charge is -2.30. The van der Waals surface area contributed by atoms with Gasteiger partial charge in [-0.25, -0.2) is 18.2 Å². The van der Waals surface area contributed by atoms with Gasteiger partial charge in [0, 0.05) is 6.54 Å². The van der Waals surface area contributed by atoms with Crippen LogP contribution in [0.15, 0.2) is 41.3 Å². The molecular weight excluding hydrogens is 328 g/mol. The van der Waals surface area contributed by atoms with Crippen LogP contribution in [0.2, 0.25) is 0 Å². The zero-order chi connectivity index (χ0) is 17.3. The maximum Gasteiger partial charge on any atom is 0.356 e. The SMILES string of the molecule is COC(=O)c1ccc2c(n1)CCCN2S(=O)(=O)c1ccc(C)cc1. The van der Waals surface area contributed by atoms with Crippen molar-refractivity contribution in [1.82, 2.24) is 4.98 Å². The Balaban J connectivity index is 2.03. The highest BCUT2D eigenvalue weighted by molar-refractivity contribution is 7.92. The highest BCUT2D eigenvalue weighted by atomic mass is 32.2. The van der Waals surface area contributed by atoms with Crippen LogP contribution in [0.4, 0.5) is 5.69 Å². The topological polar surface area (TPSA) is 76.6 Å². The van der Waals surface area contributed by atoms with Gasteiger partial charge in [-0.1, -0.05) is 17.7 Å². The third-order valence-electron chi connectivity index (χ3n) is 4.00. The van der Waals surface area contributed by atoms with Gasteiger partial charge in [0.1, 0.15) is 5.69 Å². The van der Waals surface area contributed by atoms with E-state index in [1.807, 2.05) is 6.92 Å². The van der Waals surface area contributed by atoms with Gasteiger partial charge in [0.2, 0.25) is 0 Å². The standard InChI is InChI=1S/C17H18N2O4S/c1-12-5-7-13(8-6-12)24(21,22)19-11-3-4-14-16(19)10-9-15(18-14)17(20)23-2/h5-10H,3-4,11H2,1-2H3. The summed E-state index contributed by atoms with van der Waals surface area (Å²) >= 11 is 0. The smallest absolute Gasteiger partial charge is 0.356 e. The second kappa shape index (κ2) is 6.24. The van der Waals surface area contributed by atoms with Gasteiger partial charge in [0.15, 0.2) is 0 Å². The van der Waals surface area contributed by atoms with E-state index in [2.05, 4.69) is 9.72 Å². The lowest BCUT2D eigenvalue weighted by atomic mass is 10.1. The first-order valence-corrected chi connectivity index (χ1v) is 9.05. The summed E-state index contributed by atoms with van der Waals surface area (Å²) in [7, 11) is -2.36. The normalized spacial score (nSPS) is 14.2. The highest BCUT2D eigenvalue weighted by Gasteiger charge is 2.30. The van der Waals surface area contributed by atoms with Crippen LogP contribution in [0.25, 0.3) is 0 Å². The average molecular weight is 346 g/mol. The number of anilines is 1. The van der Waals surface area contributed by atoms with Gasteiger partial charge in [0.05, 0.1) is 23.4 Å². The Hall–Kier alpha value is -2.41. The molecule has 1 aliphatic rings. The van der Waals surface area contributed by atoms with Gasteiger partial charge in [-0.15, -0.1) is 0 Å². The molecule has 0 fully saturated rings. The summed E-state index contributed by atoms with van der Waals surface area (Å²) < 4.78 is 31.9. The molecule has 2 heterocycles. The Morgan fingerprint density at radius 1 is 1.17 bits per heavy atom. The minimum atomic E-state index is -3.65. The Kier molecular flexibility index (Phi) is 4.28. The summed E-state index contributed by atoms with van der Waals surface area (Å²) in [4.78, 5) is 16.1. The minimum absolute atomic E-state index is 0.186. The maximum atomic E-state index is 12.9. The number of esters is 1. The predicted octanol–water partition coefficient (Wildman–Crippen LogP) is 2.32. The van der Waals surface area contributed by atoms with E-state index in [4.69, 9.17) is 0 Å². The molecule has 2 aromatic rings. The molecule has 0 radical (unpaired) electrons. The number of ether oxygens (including phenoxy) is 1. The summed E-state index contributed by atoms with van der Waals surface area (Å²) in [5.74, 6) is -0.531. The molecular formula is C17H18N2O4S. The molecule has 1 aromatic heterocycles. The van der Waals surface area contributed by atoms with Crippen LogP contribution in [0.1, 0.15) is 28.2 Å². The van der Waals surface area contributed by atoms with Crippen molar-refractivity contribution in [1.29, 1.82) is 0 Å². The number of methoxy groups -OCH3 is 1. The van der Waals surface area contributed by atoms with E-state index >= 15 is 0 Å². The lowest BCUT2D eigenvalue weighted by molar-refractivity contribution is 0.0593. The van der Waals surface area contributed by atoms with E-state index in [9.17, 15) is 13.2 Å². The number of carbonyl (C=O) groups excluding carboxylic acids is 1. The minimum Gasteiger partial charge on any atom is -0.464 e. The molecule has 0 aliphatic carbocycles. The van der Waals surface area contributed by atoms with Gasteiger partial charge in [-0.2, -0.15) is 0 Å². The number of nitrogens with zero attached hydrogens (tertiary/aromatic N) is 2. The molecule has 6 nitrogen and oxygen atoms in total. The molecule has 1 aromatic carbocycles. The van der Waals surface area contributed by atoms with Crippen molar-refractivity contribution in [3.05, 3.63) is 53.3 Å². The van der Waals surface area contributed by atoms with Gasteiger partial charge >= 0.3 is 5.97 Å². The van der Waals surface area contributed by atoms with Crippen LogP contribution in [0.3, 0.4) is 0 Å². The lowest BCUT2D eigenvalue weighted by Crippen LogP contribution is -2.36. The quantitative estimate of drug-likeness (QED) is 0.797. The van der Waals surface area contributed by atoms with Crippen molar-refractivity contribution < 1.29 is 17.9 Å². The molecule has 126 valence electrons. The molecule has 24 heavy (non-hydrogen) atoms. The van der Waals surface area contributed by atoms with Crippen LogP contribution in [-0.4, -0.2) is 33.0 Å². The zero-order valence-corrected chi connectivity index (χ0v) is 14.3. The molecule has 0 amide bonds. The van der Waals surface area contributed by atoms with Crippen LogP contribution >= 0.6 is 0 Å². The van der Waals surface area contributed by atoms with Crippen molar-refractivity contribution in [3.8, 4) is 0 Å². The van der Waals surface area contributed by atoms with Gasteiger partial charge in [-0.3, -0.25) is 4.31 Å². The van der Waals surface area contributed by atoms with Crippen molar-refractivity contribution in [2.45, 2.75) is 24.7 Å². The number of aromatic nitrogens is 1. The fourth-order valence-electron chi connectivity index (χ4n) is 2.72. The highest BCUT2D eigenvalue weighted by Crippen LogP contribution is 2.31. The number of sulfonamides is 1. The number of aryl methyl sites for hydroxylation is 2. The average Bonchev–Trinajstić information content (AvgIpc) is 2.60. The second-order valence-corrected chi connectivity index (χ2v) is 7.51. The molecule has 1 aliphatic heterocycles. The van der Waals surface area contributed by atoms with Gasteiger partial charge < -0.3 is 4.74 Å². The number of rotatable bonds is 3. The molecule has 0 saturated heterocycles. The molecule has 3 rings (SSSR count). The first-order chi connectivity index (χ1) is 11.4. The maximum absolute atomic E-state index is 12.9. The van der Waals surface area contributed by atoms with Crippen LogP contribution in [-0.2, 0) is 21.2 Å². The van der Waals surface area contributed by atoms with E-state index in [0.717, 1.165) is 5.56 Å². The molecule has 0 unspecified atom stereocenters. The summed E-state index contributed by atoms with van der Waals surface area (Å²) in [5.41, 5.74) is 2.30. The first-order valence-electron chi connectivity index (χ1n) is 7.61. The number of benzene rings is 1.